The van der Waals surface area contributed by atoms with E-state index >= 15 is 0 Å². The number of benzene rings is 1. The van der Waals surface area contributed by atoms with Gasteiger partial charge in [0.1, 0.15) is 18.1 Å². The maximum Gasteiger partial charge on any atom is 0.213 e. The molecule has 4 aromatic rings. The van der Waals surface area contributed by atoms with Crippen LogP contribution in [0.3, 0.4) is 0 Å². The fraction of sp³-hybridized carbons (Fsp3) is 0.208. The van der Waals surface area contributed by atoms with E-state index < -0.39 is 0 Å². The number of nitrogen functional groups attached to an aromatic ring is 1. The first kappa shape index (κ1) is 20.6. The molecule has 158 valence electrons. The van der Waals surface area contributed by atoms with Crippen LogP contribution in [0.5, 0.6) is 5.88 Å². The molecule has 0 saturated heterocycles. The molecule has 0 aliphatic heterocycles. The zero-order valence-corrected chi connectivity index (χ0v) is 17.3. The first-order valence-corrected chi connectivity index (χ1v) is 10.1. The van der Waals surface area contributed by atoms with E-state index in [2.05, 4.69) is 27.3 Å². The van der Waals surface area contributed by atoms with E-state index in [1.807, 2.05) is 49.4 Å². The molecule has 0 aliphatic rings. The van der Waals surface area contributed by atoms with Gasteiger partial charge in [-0.3, -0.25) is 0 Å². The molecule has 0 fully saturated rings. The predicted octanol–water partition coefficient (Wildman–Crippen LogP) is 4.42. The summed E-state index contributed by atoms with van der Waals surface area (Å²) in [5.41, 5.74) is 10.3. The third-order valence-corrected chi connectivity index (χ3v) is 4.71. The van der Waals surface area contributed by atoms with Gasteiger partial charge in [-0.2, -0.15) is 0 Å². The Kier molecular flexibility index (Phi) is 6.54. The van der Waals surface area contributed by atoms with E-state index in [0.29, 0.717) is 49.4 Å². The van der Waals surface area contributed by atoms with Gasteiger partial charge in [-0.25, -0.2) is 9.97 Å². The average molecular weight is 416 g/mol. The van der Waals surface area contributed by atoms with Crippen molar-refractivity contribution in [3.05, 3.63) is 89.2 Å². The van der Waals surface area contributed by atoms with Crippen molar-refractivity contribution in [1.29, 1.82) is 0 Å². The smallest absolute Gasteiger partial charge is 0.213 e. The van der Waals surface area contributed by atoms with Crippen LogP contribution >= 0.6 is 0 Å². The van der Waals surface area contributed by atoms with Crippen molar-refractivity contribution < 1.29 is 14.0 Å². The quantitative estimate of drug-likeness (QED) is 0.431. The van der Waals surface area contributed by atoms with Crippen LogP contribution in [0, 0.1) is 0 Å². The summed E-state index contributed by atoms with van der Waals surface area (Å²) in [6.07, 6.45) is 2.31. The molecule has 31 heavy (non-hydrogen) atoms. The number of nitrogens with two attached hydrogens (primary N) is 1. The number of hydrogen-bond donors (Lipinski definition) is 1. The molecule has 3 aromatic heterocycles. The van der Waals surface area contributed by atoms with E-state index in [-0.39, 0.29) is 0 Å². The zero-order chi connectivity index (χ0) is 21.5. The summed E-state index contributed by atoms with van der Waals surface area (Å²) in [6.45, 7) is 3.38. The van der Waals surface area contributed by atoms with Crippen molar-refractivity contribution in [2.24, 2.45) is 0 Å². The van der Waals surface area contributed by atoms with Crippen molar-refractivity contribution in [3.63, 3.8) is 0 Å². The van der Waals surface area contributed by atoms with Gasteiger partial charge in [-0.1, -0.05) is 41.6 Å². The second-order valence-corrected chi connectivity index (χ2v) is 6.98. The van der Waals surface area contributed by atoms with Crippen LogP contribution in [0.1, 0.15) is 29.3 Å². The van der Waals surface area contributed by atoms with Crippen LogP contribution < -0.4 is 10.5 Å². The molecular formula is C24H24N4O3. The molecule has 0 radical (unpaired) electrons. The molecule has 1 aromatic carbocycles. The molecule has 4 rings (SSSR count). The van der Waals surface area contributed by atoms with Gasteiger partial charge < -0.3 is 19.7 Å². The number of ether oxygens (including phenoxy) is 2. The molecular weight excluding hydrogens is 392 g/mol. The lowest BCUT2D eigenvalue weighted by atomic mass is 10.0. The molecule has 0 bridgehead atoms. The van der Waals surface area contributed by atoms with Crippen LogP contribution in [0.4, 0.5) is 5.82 Å². The highest BCUT2D eigenvalue weighted by molar-refractivity contribution is 5.59. The van der Waals surface area contributed by atoms with E-state index in [0.717, 1.165) is 22.4 Å². The fourth-order valence-electron chi connectivity index (χ4n) is 3.23. The first-order valence-electron chi connectivity index (χ1n) is 10.1. The van der Waals surface area contributed by atoms with Crippen LogP contribution in [-0.4, -0.2) is 21.7 Å². The summed E-state index contributed by atoms with van der Waals surface area (Å²) in [5.74, 6) is 1.62. The lowest BCUT2D eigenvalue weighted by Crippen LogP contribution is -2.01. The summed E-state index contributed by atoms with van der Waals surface area (Å²) < 4.78 is 17.1. The average Bonchev–Trinajstić information content (AvgIpc) is 3.19. The van der Waals surface area contributed by atoms with Gasteiger partial charge in [0.15, 0.2) is 5.76 Å². The third kappa shape index (κ3) is 5.26. The number of aromatic nitrogens is 3. The standard InChI is InChI=1S/C24H24N4O3/c1-2-29-16-19-21(28-31-24(19)20-9-6-10-22(25)27-20)14-17-7-5-8-18(13-17)15-30-23-11-3-4-12-26-23/h3-13H,2,14-16H2,1H3,(H2,25,27). The number of anilines is 1. The molecule has 0 unspecified atom stereocenters. The van der Waals surface area contributed by atoms with Gasteiger partial charge in [0.05, 0.1) is 17.9 Å². The number of rotatable bonds is 9. The minimum Gasteiger partial charge on any atom is -0.473 e. The summed E-state index contributed by atoms with van der Waals surface area (Å²) >= 11 is 0. The van der Waals surface area contributed by atoms with E-state index in [1.54, 1.807) is 12.3 Å². The fourth-order valence-corrected chi connectivity index (χ4v) is 3.23. The Balaban J connectivity index is 1.54. The van der Waals surface area contributed by atoms with E-state index in [4.69, 9.17) is 19.7 Å². The summed E-state index contributed by atoms with van der Waals surface area (Å²) in [5, 5.41) is 4.32. The van der Waals surface area contributed by atoms with Crippen LogP contribution in [0.15, 0.2) is 71.4 Å². The Morgan fingerprint density at radius 1 is 0.968 bits per heavy atom. The maximum absolute atomic E-state index is 5.84. The molecule has 0 amide bonds. The topological polar surface area (TPSA) is 96.3 Å². The monoisotopic (exact) mass is 416 g/mol. The Morgan fingerprint density at radius 2 is 1.84 bits per heavy atom. The minimum absolute atomic E-state index is 0.392. The highest BCUT2D eigenvalue weighted by Gasteiger charge is 2.19. The number of pyridine rings is 2. The van der Waals surface area contributed by atoms with E-state index in [9.17, 15) is 0 Å². The Hall–Kier alpha value is -3.71. The predicted molar refractivity (Wildman–Crippen MR) is 117 cm³/mol. The molecule has 2 N–H and O–H groups in total. The summed E-state index contributed by atoms with van der Waals surface area (Å²) in [7, 11) is 0. The van der Waals surface area contributed by atoms with Crippen molar-refractivity contribution in [1.82, 2.24) is 15.1 Å². The maximum atomic E-state index is 5.84. The van der Waals surface area contributed by atoms with Gasteiger partial charge in [0, 0.05) is 25.3 Å². The first-order chi connectivity index (χ1) is 15.2. The second kappa shape index (κ2) is 9.86. The molecule has 0 aliphatic carbocycles. The second-order valence-electron chi connectivity index (χ2n) is 6.98. The largest absolute Gasteiger partial charge is 0.473 e. The van der Waals surface area contributed by atoms with Crippen molar-refractivity contribution in [2.75, 3.05) is 12.3 Å². The van der Waals surface area contributed by atoms with Crippen LogP contribution in [0.25, 0.3) is 11.5 Å². The van der Waals surface area contributed by atoms with Crippen LogP contribution in [-0.2, 0) is 24.4 Å². The molecule has 0 saturated carbocycles. The van der Waals surface area contributed by atoms with Gasteiger partial charge in [-0.05, 0) is 36.2 Å². The number of nitrogens with zero attached hydrogens (tertiary/aromatic N) is 3. The van der Waals surface area contributed by atoms with Gasteiger partial charge in [0.2, 0.25) is 5.88 Å². The molecule has 0 spiro atoms. The van der Waals surface area contributed by atoms with Crippen molar-refractivity contribution >= 4 is 5.82 Å². The molecule has 7 heteroatoms. The normalized spacial score (nSPS) is 10.9. The SMILES string of the molecule is CCOCc1c(Cc2cccc(COc3ccccn3)c2)noc1-c1cccc(N)n1. The van der Waals surface area contributed by atoms with Gasteiger partial charge >= 0.3 is 0 Å². The third-order valence-electron chi connectivity index (χ3n) is 4.71. The molecule has 3 heterocycles. The van der Waals surface area contributed by atoms with E-state index in [1.165, 1.54) is 0 Å². The lowest BCUT2D eigenvalue weighted by molar-refractivity contribution is 0.133. The Morgan fingerprint density at radius 3 is 2.65 bits per heavy atom. The summed E-state index contributed by atoms with van der Waals surface area (Å²) in [4.78, 5) is 8.55. The van der Waals surface area contributed by atoms with Gasteiger partial charge in [-0.15, -0.1) is 0 Å². The summed E-state index contributed by atoms with van der Waals surface area (Å²) in [6, 6.07) is 19.2. The minimum atomic E-state index is 0.392. The number of hydrogen-bond acceptors (Lipinski definition) is 7. The van der Waals surface area contributed by atoms with Crippen LogP contribution in [0.2, 0.25) is 0 Å². The van der Waals surface area contributed by atoms with Crippen molar-refractivity contribution in [2.45, 2.75) is 26.6 Å². The van der Waals surface area contributed by atoms with Gasteiger partial charge in [0.25, 0.3) is 0 Å². The highest BCUT2D eigenvalue weighted by atomic mass is 16.5. The molecule has 0 atom stereocenters. The lowest BCUT2D eigenvalue weighted by Gasteiger charge is -2.08. The Labute approximate surface area is 180 Å². The molecule has 7 nitrogen and oxygen atoms in total. The zero-order valence-electron chi connectivity index (χ0n) is 17.3. The Bertz CT molecular complexity index is 1130. The highest BCUT2D eigenvalue weighted by Crippen LogP contribution is 2.28. The van der Waals surface area contributed by atoms with Crippen molar-refractivity contribution in [3.8, 4) is 17.3 Å².